The van der Waals surface area contributed by atoms with Crippen molar-refractivity contribution in [3.63, 3.8) is 0 Å². The SMILES string of the molecule is CC1=CC2(C)[C@@H]3C(=O)N(c4ccc(OC(F)(F)F)cc4)C(=O)[C@@H]3C1[C@@H]1C(=O)N(c3ccc(OC(F)(F)F)cc3)C(=O)[C@@H]12. The number of nitrogens with zero attached hydrogens (tertiary/aromatic N) is 2. The van der Waals surface area contributed by atoms with Crippen LogP contribution in [0.4, 0.5) is 37.7 Å². The molecule has 2 aromatic carbocycles. The second kappa shape index (κ2) is 8.82. The fourth-order valence-electron chi connectivity index (χ4n) is 7.27. The van der Waals surface area contributed by atoms with Gasteiger partial charge in [0.25, 0.3) is 0 Å². The van der Waals surface area contributed by atoms with Crippen LogP contribution in [0, 0.1) is 35.0 Å². The quantitative estimate of drug-likeness (QED) is 0.282. The molecular formula is C28H20F6N2O6. The van der Waals surface area contributed by atoms with Crippen molar-refractivity contribution in [1.29, 1.82) is 0 Å². The highest BCUT2D eigenvalue weighted by Crippen LogP contribution is 2.66. The van der Waals surface area contributed by atoms with Gasteiger partial charge in [-0.2, -0.15) is 0 Å². The highest BCUT2D eigenvalue weighted by Gasteiger charge is 2.74. The van der Waals surface area contributed by atoms with Crippen LogP contribution in [-0.2, 0) is 19.2 Å². The molecule has 2 saturated heterocycles. The van der Waals surface area contributed by atoms with Crippen molar-refractivity contribution in [3.05, 3.63) is 60.2 Å². The number of carbonyl (C=O) groups excluding carboxylic acids is 4. The van der Waals surface area contributed by atoms with E-state index in [1.165, 1.54) is 0 Å². The van der Waals surface area contributed by atoms with Crippen molar-refractivity contribution < 1.29 is 55.0 Å². The van der Waals surface area contributed by atoms with Gasteiger partial charge < -0.3 is 9.47 Å². The second-order valence-corrected chi connectivity index (χ2v) is 10.9. The molecule has 8 nitrogen and oxygen atoms in total. The number of ether oxygens (including phenoxy) is 2. The van der Waals surface area contributed by atoms with Crippen LogP contribution >= 0.6 is 0 Å². The number of hydrogen-bond donors (Lipinski definition) is 0. The molecule has 2 aliphatic heterocycles. The average Bonchev–Trinajstić information content (AvgIpc) is 3.30. The summed E-state index contributed by atoms with van der Waals surface area (Å²) in [6.07, 6.45) is -8.14. The van der Waals surface area contributed by atoms with E-state index in [0.717, 1.165) is 58.3 Å². The molecule has 2 heterocycles. The van der Waals surface area contributed by atoms with Crippen LogP contribution in [0.5, 0.6) is 11.5 Å². The van der Waals surface area contributed by atoms with Crippen molar-refractivity contribution in [2.24, 2.45) is 35.0 Å². The van der Waals surface area contributed by atoms with Crippen molar-refractivity contribution in [1.82, 2.24) is 0 Å². The highest BCUT2D eigenvalue weighted by atomic mass is 19.4. The first-order valence-electron chi connectivity index (χ1n) is 12.7. The molecular weight excluding hydrogens is 574 g/mol. The van der Waals surface area contributed by atoms with E-state index in [0.29, 0.717) is 5.57 Å². The van der Waals surface area contributed by atoms with Gasteiger partial charge in [-0.3, -0.25) is 29.0 Å². The summed E-state index contributed by atoms with van der Waals surface area (Å²) in [7, 11) is 0. The lowest BCUT2D eigenvalue weighted by molar-refractivity contribution is -0.275. The Hall–Kier alpha value is -4.36. The number of anilines is 2. The lowest BCUT2D eigenvalue weighted by Crippen LogP contribution is -2.57. The van der Waals surface area contributed by atoms with E-state index < -0.39 is 82.9 Å². The second-order valence-electron chi connectivity index (χ2n) is 10.9. The Balaban J connectivity index is 1.33. The summed E-state index contributed by atoms with van der Waals surface area (Å²) in [5.74, 6) is -8.63. The zero-order chi connectivity index (χ0) is 30.5. The van der Waals surface area contributed by atoms with E-state index in [-0.39, 0.29) is 11.4 Å². The summed E-state index contributed by atoms with van der Waals surface area (Å²) in [6.45, 7) is 3.31. The molecule has 6 atom stereocenters. The lowest BCUT2D eigenvalue weighted by atomic mass is 9.46. The molecule has 14 heteroatoms. The van der Waals surface area contributed by atoms with Gasteiger partial charge in [0.05, 0.1) is 35.0 Å². The Morgan fingerprint density at radius 1 is 0.619 bits per heavy atom. The van der Waals surface area contributed by atoms with Crippen LogP contribution in [-0.4, -0.2) is 36.4 Å². The molecule has 3 aliphatic carbocycles. The predicted molar refractivity (Wildman–Crippen MR) is 131 cm³/mol. The van der Waals surface area contributed by atoms with Crippen LogP contribution in [0.15, 0.2) is 60.2 Å². The Kier molecular flexibility index (Phi) is 5.84. The van der Waals surface area contributed by atoms with Crippen LogP contribution in [0.2, 0.25) is 0 Å². The van der Waals surface area contributed by atoms with E-state index in [4.69, 9.17) is 0 Å². The molecule has 220 valence electrons. The molecule has 0 radical (unpaired) electrons. The zero-order valence-corrected chi connectivity index (χ0v) is 21.7. The largest absolute Gasteiger partial charge is 0.573 e. The summed E-state index contributed by atoms with van der Waals surface area (Å²) >= 11 is 0. The maximum Gasteiger partial charge on any atom is 0.573 e. The molecule has 1 saturated carbocycles. The third kappa shape index (κ3) is 4.06. The Morgan fingerprint density at radius 3 is 1.31 bits per heavy atom. The number of rotatable bonds is 4. The third-order valence-corrected chi connectivity index (χ3v) is 8.54. The van der Waals surface area contributed by atoms with E-state index in [2.05, 4.69) is 9.47 Å². The number of hydrogen-bond acceptors (Lipinski definition) is 6. The first kappa shape index (κ1) is 27.8. The number of amides is 4. The third-order valence-electron chi connectivity index (χ3n) is 8.54. The van der Waals surface area contributed by atoms with Crippen molar-refractivity contribution >= 4 is 35.0 Å². The Morgan fingerprint density at radius 2 is 0.976 bits per heavy atom. The highest BCUT2D eigenvalue weighted by molar-refractivity contribution is 6.26. The van der Waals surface area contributed by atoms with Gasteiger partial charge in [0.2, 0.25) is 23.6 Å². The minimum absolute atomic E-state index is 0.0141. The summed E-state index contributed by atoms with van der Waals surface area (Å²) in [5, 5.41) is 0. The first-order chi connectivity index (χ1) is 19.5. The molecule has 0 spiro atoms. The minimum atomic E-state index is -4.93. The molecule has 4 amide bonds. The van der Waals surface area contributed by atoms with Gasteiger partial charge in [-0.15, -0.1) is 26.3 Å². The number of alkyl halides is 6. The molecule has 5 aliphatic rings. The fraction of sp³-hybridized carbons (Fsp3) is 0.357. The summed E-state index contributed by atoms with van der Waals surface area (Å²) in [6, 6.07) is 8.44. The molecule has 2 unspecified atom stereocenters. The summed E-state index contributed by atoms with van der Waals surface area (Å²) in [4.78, 5) is 56.9. The van der Waals surface area contributed by atoms with Gasteiger partial charge in [-0.25, -0.2) is 0 Å². The van der Waals surface area contributed by atoms with E-state index in [1.807, 2.05) is 0 Å². The maximum atomic E-state index is 13.8. The van der Waals surface area contributed by atoms with E-state index in [9.17, 15) is 45.5 Å². The molecule has 7 rings (SSSR count). The Bertz CT molecular complexity index is 1440. The topological polar surface area (TPSA) is 93.2 Å². The molecule has 3 fully saturated rings. The van der Waals surface area contributed by atoms with Crippen LogP contribution in [0.1, 0.15) is 13.8 Å². The molecule has 0 N–H and O–H groups in total. The average molecular weight is 594 g/mol. The van der Waals surface area contributed by atoms with Gasteiger partial charge >= 0.3 is 12.7 Å². The maximum absolute atomic E-state index is 13.8. The number of halogens is 6. The summed E-state index contributed by atoms with van der Waals surface area (Å²) in [5.41, 5.74) is -0.621. The standard InChI is InChI=1S/C28H20F6N2O6/c1-12-11-26(2)20-18(22(37)35(24(20)39)13-3-7-15(8-4-13)41-27(29,30)31)17(12)19-21(26)25(40)36(23(19)38)14-5-9-16(10-6-14)42-28(32,33)34/h3-11,17-21H,1-2H3/t17?,18-,19+,20+,21-,26?. The predicted octanol–water partition coefficient (Wildman–Crippen LogP) is 4.99. The lowest BCUT2D eigenvalue weighted by Gasteiger charge is -2.53. The van der Waals surface area contributed by atoms with Gasteiger partial charge in [0.1, 0.15) is 11.5 Å². The molecule has 0 aromatic heterocycles. The minimum Gasteiger partial charge on any atom is -0.406 e. The summed E-state index contributed by atoms with van der Waals surface area (Å²) < 4.78 is 83.2. The monoisotopic (exact) mass is 594 g/mol. The van der Waals surface area contributed by atoms with Crippen LogP contribution in [0.3, 0.4) is 0 Å². The van der Waals surface area contributed by atoms with E-state index >= 15 is 0 Å². The smallest absolute Gasteiger partial charge is 0.406 e. The van der Waals surface area contributed by atoms with Crippen molar-refractivity contribution in [3.8, 4) is 11.5 Å². The van der Waals surface area contributed by atoms with Crippen LogP contribution in [0.25, 0.3) is 0 Å². The van der Waals surface area contributed by atoms with Crippen LogP contribution < -0.4 is 19.3 Å². The number of imide groups is 2. The number of carbonyl (C=O) groups is 4. The molecule has 42 heavy (non-hydrogen) atoms. The van der Waals surface area contributed by atoms with Gasteiger partial charge in [0, 0.05) is 11.3 Å². The molecule has 2 aromatic rings. The molecule has 2 bridgehead atoms. The van der Waals surface area contributed by atoms with Crippen molar-refractivity contribution in [2.45, 2.75) is 26.6 Å². The van der Waals surface area contributed by atoms with Gasteiger partial charge in [-0.05, 0) is 55.5 Å². The van der Waals surface area contributed by atoms with E-state index in [1.54, 1.807) is 19.9 Å². The van der Waals surface area contributed by atoms with Gasteiger partial charge in [0.15, 0.2) is 0 Å². The first-order valence-corrected chi connectivity index (χ1v) is 12.7. The normalized spacial score (nSPS) is 30.5. The number of benzene rings is 2. The van der Waals surface area contributed by atoms with Crippen molar-refractivity contribution in [2.75, 3.05) is 9.80 Å². The zero-order valence-electron chi connectivity index (χ0n) is 21.7. The van der Waals surface area contributed by atoms with Gasteiger partial charge in [-0.1, -0.05) is 18.6 Å². The fourth-order valence-corrected chi connectivity index (χ4v) is 7.27. The number of allylic oxidation sites excluding steroid dienone is 2. The Labute approximate surface area is 233 Å².